The summed E-state index contributed by atoms with van der Waals surface area (Å²) in [5.74, 6) is -0.992. The zero-order chi connectivity index (χ0) is 15.5. The van der Waals surface area contributed by atoms with Gasteiger partial charge in [0.1, 0.15) is 0 Å². The number of ether oxygens (including phenoxy) is 1. The van der Waals surface area contributed by atoms with Gasteiger partial charge in [0, 0.05) is 25.4 Å². The molecule has 0 heterocycles. The fourth-order valence-electron chi connectivity index (χ4n) is 1.60. The van der Waals surface area contributed by atoms with Gasteiger partial charge in [-0.2, -0.15) is 0 Å². The molecule has 0 aliphatic heterocycles. The molecule has 0 saturated heterocycles. The first-order valence-corrected chi connectivity index (χ1v) is 7.09. The Hall–Kier alpha value is -2.08. The van der Waals surface area contributed by atoms with E-state index in [1.165, 1.54) is 12.1 Å². The number of carbonyl (C=O) groups is 2. The van der Waals surface area contributed by atoms with Crippen molar-refractivity contribution >= 4 is 17.7 Å². The van der Waals surface area contributed by atoms with Crippen LogP contribution in [-0.4, -0.2) is 36.9 Å². The highest BCUT2D eigenvalue weighted by Crippen LogP contribution is 2.09. The Morgan fingerprint density at radius 2 is 1.81 bits per heavy atom. The Kier molecular flexibility index (Phi) is 7.89. The van der Waals surface area contributed by atoms with Crippen molar-refractivity contribution in [1.29, 1.82) is 0 Å². The monoisotopic (exact) mass is 294 g/mol. The number of carboxylic acid groups (broad SMARTS) is 1. The Morgan fingerprint density at radius 1 is 1.14 bits per heavy atom. The number of hydrogen-bond acceptors (Lipinski definition) is 3. The van der Waals surface area contributed by atoms with Crippen LogP contribution in [0, 0.1) is 0 Å². The van der Waals surface area contributed by atoms with Crippen LogP contribution in [0.1, 0.15) is 36.5 Å². The number of carboxylic acids is 1. The quantitative estimate of drug-likeness (QED) is 0.611. The van der Waals surface area contributed by atoms with E-state index in [9.17, 15) is 9.59 Å². The molecular weight excluding hydrogens is 272 g/mol. The molecule has 0 radical (unpaired) electrons. The number of nitrogens with one attached hydrogen (secondary N) is 2. The van der Waals surface area contributed by atoms with Crippen molar-refractivity contribution in [3.05, 3.63) is 29.8 Å². The van der Waals surface area contributed by atoms with Crippen molar-refractivity contribution < 1.29 is 19.4 Å². The lowest BCUT2D eigenvalue weighted by molar-refractivity contribution is 0.0697. The van der Waals surface area contributed by atoms with E-state index in [0.29, 0.717) is 18.8 Å². The predicted octanol–water partition coefficient (Wildman–Crippen LogP) is 2.71. The molecule has 2 amide bonds. The summed E-state index contributed by atoms with van der Waals surface area (Å²) in [5, 5.41) is 14.1. The van der Waals surface area contributed by atoms with Crippen LogP contribution >= 0.6 is 0 Å². The number of hydrogen-bond donors (Lipinski definition) is 3. The van der Waals surface area contributed by atoms with Crippen molar-refractivity contribution in [1.82, 2.24) is 5.32 Å². The molecule has 0 aliphatic carbocycles. The molecule has 3 N–H and O–H groups in total. The zero-order valence-electron chi connectivity index (χ0n) is 12.2. The molecule has 0 spiro atoms. The van der Waals surface area contributed by atoms with E-state index >= 15 is 0 Å². The lowest BCUT2D eigenvalue weighted by Crippen LogP contribution is -2.30. The van der Waals surface area contributed by atoms with E-state index in [1.807, 2.05) is 0 Å². The molecule has 0 bridgehead atoms. The summed E-state index contributed by atoms with van der Waals surface area (Å²) in [5.41, 5.74) is 0.738. The molecule has 1 rings (SSSR count). The standard InChI is InChI=1S/C15H22N2O4/c1-2-3-10-21-11-4-9-16-15(20)17-13-7-5-12(6-8-13)14(18)19/h5-8H,2-4,9-11H2,1H3,(H,18,19)(H2,16,17,20). The van der Waals surface area contributed by atoms with Gasteiger partial charge in [-0.1, -0.05) is 13.3 Å². The number of urea groups is 1. The number of unbranched alkanes of at least 4 members (excludes halogenated alkanes) is 1. The third-order valence-electron chi connectivity index (χ3n) is 2.78. The normalized spacial score (nSPS) is 10.1. The minimum atomic E-state index is -0.992. The first-order valence-electron chi connectivity index (χ1n) is 7.09. The molecule has 0 saturated carbocycles. The summed E-state index contributed by atoms with van der Waals surface area (Å²) in [6.45, 7) is 4.04. The molecule has 6 nitrogen and oxygen atoms in total. The third-order valence-corrected chi connectivity index (χ3v) is 2.78. The summed E-state index contributed by atoms with van der Waals surface area (Å²) in [6, 6.07) is 5.68. The van der Waals surface area contributed by atoms with Crippen molar-refractivity contribution in [3.8, 4) is 0 Å². The molecule has 0 aliphatic rings. The van der Waals surface area contributed by atoms with E-state index in [0.717, 1.165) is 25.9 Å². The summed E-state index contributed by atoms with van der Waals surface area (Å²) < 4.78 is 5.38. The molecule has 0 aromatic heterocycles. The van der Waals surface area contributed by atoms with Gasteiger partial charge in [-0.3, -0.25) is 0 Å². The van der Waals surface area contributed by atoms with Gasteiger partial charge < -0.3 is 20.5 Å². The number of carbonyl (C=O) groups excluding carboxylic acids is 1. The molecule has 0 unspecified atom stereocenters. The molecular formula is C15H22N2O4. The highest BCUT2D eigenvalue weighted by molar-refractivity contribution is 5.91. The van der Waals surface area contributed by atoms with Gasteiger partial charge in [0.05, 0.1) is 5.56 Å². The minimum absolute atomic E-state index is 0.185. The predicted molar refractivity (Wildman–Crippen MR) is 80.8 cm³/mol. The van der Waals surface area contributed by atoms with E-state index in [1.54, 1.807) is 12.1 Å². The minimum Gasteiger partial charge on any atom is -0.478 e. The highest BCUT2D eigenvalue weighted by atomic mass is 16.5. The Balaban J connectivity index is 2.17. The van der Waals surface area contributed by atoms with E-state index in [4.69, 9.17) is 9.84 Å². The van der Waals surface area contributed by atoms with Gasteiger partial charge in [0.15, 0.2) is 0 Å². The van der Waals surface area contributed by atoms with E-state index in [2.05, 4.69) is 17.6 Å². The van der Waals surface area contributed by atoms with Crippen LogP contribution in [0.15, 0.2) is 24.3 Å². The number of amides is 2. The van der Waals surface area contributed by atoms with Crippen molar-refractivity contribution in [2.75, 3.05) is 25.1 Å². The second-order valence-corrected chi connectivity index (χ2v) is 4.58. The van der Waals surface area contributed by atoms with Gasteiger partial charge in [-0.05, 0) is 37.1 Å². The summed E-state index contributed by atoms with van der Waals surface area (Å²) in [6.07, 6.45) is 2.93. The number of rotatable bonds is 9. The van der Waals surface area contributed by atoms with Crippen LogP contribution in [0.5, 0.6) is 0 Å². The number of benzene rings is 1. The van der Waals surface area contributed by atoms with Crippen molar-refractivity contribution in [2.24, 2.45) is 0 Å². The van der Waals surface area contributed by atoms with Gasteiger partial charge in [-0.15, -0.1) is 0 Å². The second-order valence-electron chi connectivity index (χ2n) is 4.58. The summed E-state index contributed by atoms with van der Waals surface area (Å²) >= 11 is 0. The molecule has 116 valence electrons. The lowest BCUT2D eigenvalue weighted by Gasteiger charge is -2.08. The van der Waals surface area contributed by atoms with Crippen LogP contribution in [0.4, 0.5) is 10.5 Å². The van der Waals surface area contributed by atoms with Crippen molar-refractivity contribution in [3.63, 3.8) is 0 Å². The summed E-state index contributed by atoms with van der Waals surface area (Å²) in [7, 11) is 0. The molecule has 0 fully saturated rings. The van der Waals surface area contributed by atoms with Crippen LogP contribution < -0.4 is 10.6 Å². The van der Waals surface area contributed by atoms with E-state index < -0.39 is 5.97 Å². The SMILES string of the molecule is CCCCOCCCNC(=O)Nc1ccc(C(=O)O)cc1. The van der Waals surface area contributed by atoms with Crippen LogP contribution in [-0.2, 0) is 4.74 Å². The maximum absolute atomic E-state index is 11.6. The lowest BCUT2D eigenvalue weighted by atomic mass is 10.2. The second kappa shape index (κ2) is 9.77. The van der Waals surface area contributed by atoms with E-state index in [-0.39, 0.29) is 11.6 Å². The largest absolute Gasteiger partial charge is 0.478 e. The summed E-state index contributed by atoms with van der Waals surface area (Å²) in [4.78, 5) is 22.3. The maximum Gasteiger partial charge on any atom is 0.335 e. The van der Waals surface area contributed by atoms with Crippen LogP contribution in [0.25, 0.3) is 0 Å². The maximum atomic E-state index is 11.6. The molecule has 6 heteroatoms. The Labute approximate surface area is 124 Å². The van der Waals surface area contributed by atoms with Gasteiger partial charge >= 0.3 is 12.0 Å². The average Bonchev–Trinajstić information content (AvgIpc) is 2.47. The topological polar surface area (TPSA) is 87.7 Å². The molecule has 1 aromatic rings. The third kappa shape index (κ3) is 7.31. The van der Waals surface area contributed by atoms with Crippen LogP contribution in [0.2, 0.25) is 0 Å². The highest BCUT2D eigenvalue weighted by Gasteiger charge is 2.04. The zero-order valence-corrected chi connectivity index (χ0v) is 12.2. The average molecular weight is 294 g/mol. The molecule has 0 atom stereocenters. The van der Waals surface area contributed by atoms with Crippen molar-refractivity contribution in [2.45, 2.75) is 26.2 Å². The smallest absolute Gasteiger partial charge is 0.335 e. The van der Waals surface area contributed by atoms with Gasteiger partial charge in [0.25, 0.3) is 0 Å². The fourth-order valence-corrected chi connectivity index (χ4v) is 1.60. The molecule has 21 heavy (non-hydrogen) atoms. The van der Waals surface area contributed by atoms with Gasteiger partial charge in [-0.25, -0.2) is 9.59 Å². The first kappa shape index (κ1) is 17.0. The number of anilines is 1. The number of aromatic carboxylic acids is 1. The molecule has 1 aromatic carbocycles. The van der Waals surface area contributed by atoms with Crippen LogP contribution in [0.3, 0.4) is 0 Å². The fraction of sp³-hybridized carbons (Fsp3) is 0.467. The Bertz CT molecular complexity index is 445. The first-order chi connectivity index (χ1) is 10.1. The van der Waals surface area contributed by atoms with Gasteiger partial charge in [0.2, 0.25) is 0 Å². The Morgan fingerprint density at radius 3 is 2.43 bits per heavy atom.